The van der Waals surface area contributed by atoms with E-state index in [9.17, 15) is 19.5 Å². The number of amides is 2. The number of nitrogens with zero attached hydrogens (tertiary/aromatic N) is 2. The van der Waals surface area contributed by atoms with Crippen molar-refractivity contribution < 1.29 is 14.7 Å². The van der Waals surface area contributed by atoms with Gasteiger partial charge in [0.15, 0.2) is 0 Å². The number of hydrogen-bond acceptors (Lipinski definition) is 4. The average Bonchev–Trinajstić information content (AvgIpc) is 3.22. The Morgan fingerprint density at radius 1 is 1.14 bits per heavy atom. The molecule has 1 aromatic heterocycles. The molecule has 1 fully saturated rings. The van der Waals surface area contributed by atoms with E-state index in [1.54, 1.807) is 15.5 Å². The van der Waals surface area contributed by atoms with Gasteiger partial charge in [-0.1, -0.05) is 36.4 Å². The van der Waals surface area contributed by atoms with Crippen LogP contribution in [0, 0.1) is 11.8 Å². The Balaban J connectivity index is 1.64. The van der Waals surface area contributed by atoms with E-state index in [4.69, 9.17) is 0 Å². The Kier molecular flexibility index (Phi) is 4.77. The Morgan fingerprint density at radius 2 is 1.89 bits per heavy atom. The van der Waals surface area contributed by atoms with Crippen LogP contribution in [-0.2, 0) is 22.7 Å². The van der Waals surface area contributed by atoms with E-state index in [1.807, 2.05) is 36.4 Å². The number of fused-ring (bicyclic) bond motifs is 3. The summed E-state index contributed by atoms with van der Waals surface area (Å²) in [6, 6.07) is 13.4. The normalized spacial score (nSPS) is 25.3. The third-order valence-electron chi connectivity index (χ3n) is 5.89. The molecule has 4 rings (SSSR count). The summed E-state index contributed by atoms with van der Waals surface area (Å²) in [7, 11) is 0. The van der Waals surface area contributed by atoms with Gasteiger partial charge in [0.25, 0.3) is 5.56 Å². The summed E-state index contributed by atoms with van der Waals surface area (Å²) in [6.45, 7) is 1.96. The number of aliphatic hydroxyl groups is 1. The Morgan fingerprint density at radius 3 is 2.57 bits per heavy atom. The number of nitrogens with one attached hydrogen (secondary N) is 1. The minimum Gasteiger partial charge on any atom is -0.396 e. The van der Waals surface area contributed by atoms with E-state index in [0.29, 0.717) is 13.1 Å². The van der Waals surface area contributed by atoms with Crippen LogP contribution in [-0.4, -0.2) is 39.0 Å². The Bertz CT molecular complexity index is 956. The molecule has 7 heteroatoms. The molecule has 146 valence electrons. The fourth-order valence-corrected chi connectivity index (χ4v) is 4.69. The monoisotopic (exact) mass is 381 g/mol. The van der Waals surface area contributed by atoms with Crippen molar-refractivity contribution >= 4 is 11.8 Å². The lowest BCUT2D eigenvalue weighted by Gasteiger charge is -2.30. The first kappa shape index (κ1) is 18.4. The van der Waals surface area contributed by atoms with Crippen LogP contribution in [0.4, 0.5) is 0 Å². The van der Waals surface area contributed by atoms with Crippen molar-refractivity contribution in [2.45, 2.75) is 32.1 Å². The number of rotatable bonds is 4. The molecular weight excluding hydrogens is 358 g/mol. The van der Waals surface area contributed by atoms with Crippen molar-refractivity contribution in [2.24, 2.45) is 11.8 Å². The number of carbonyl (C=O) groups is 2. The highest BCUT2D eigenvalue weighted by Gasteiger charge is 2.56. The van der Waals surface area contributed by atoms with Gasteiger partial charge in [0.1, 0.15) is 6.04 Å². The number of pyridine rings is 1. The molecule has 0 bridgehead atoms. The van der Waals surface area contributed by atoms with Gasteiger partial charge in [-0.05, 0) is 11.6 Å². The van der Waals surface area contributed by atoms with Crippen LogP contribution in [0.5, 0.6) is 0 Å². The molecule has 0 unspecified atom stereocenters. The highest BCUT2D eigenvalue weighted by molar-refractivity contribution is 5.88. The lowest BCUT2D eigenvalue weighted by Crippen LogP contribution is -2.49. The fourth-order valence-electron chi connectivity index (χ4n) is 4.69. The summed E-state index contributed by atoms with van der Waals surface area (Å²) in [6.07, 6.45) is 0. The summed E-state index contributed by atoms with van der Waals surface area (Å²) >= 11 is 0. The molecule has 0 radical (unpaired) electrons. The zero-order valence-electron chi connectivity index (χ0n) is 15.6. The molecule has 2 amide bonds. The second kappa shape index (κ2) is 7.24. The van der Waals surface area contributed by atoms with Crippen molar-refractivity contribution in [3.8, 4) is 0 Å². The van der Waals surface area contributed by atoms with E-state index >= 15 is 0 Å². The number of aromatic nitrogens is 1. The molecule has 1 saturated heterocycles. The van der Waals surface area contributed by atoms with Crippen molar-refractivity contribution in [2.75, 3.05) is 6.61 Å². The maximum absolute atomic E-state index is 13.0. The van der Waals surface area contributed by atoms with Crippen LogP contribution >= 0.6 is 0 Å². The number of benzene rings is 1. The number of hydrogen-bond donors (Lipinski definition) is 2. The third-order valence-corrected chi connectivity index (χ3v) is 5.89. The van der Waals surface area contributed by atoms with Crippen molar-refractivity contribution in [3.63, 3.8) is 0 Å². The van der Waals surface area contributed by atoms with Gasteiger partial charge in [-0.15, -0.1) is 0 Å². The topological polar surface area (TPSA) is 91.6 Å². The lowest BCUT2D eigenvalue weighted by atomic mass is 9.88. The van der Waals surface area contributed by atoms with Gasteiger partial charge in [0.05, 0.1) is 6.04 Å². The second-order valence-corrected chi connectivity index (χ2v) is 7.43. The molecule has 4 atom stereocenters. The summed E-state index contributed by atoms with van der Waals surface area (Å²) < 4.78 is 1.64. The summed E-state index contributed by atoms with van der Waals surface area (Å²) in [5, 5.41) is 13.0. The lowest BCUT2D eigenvalue weighted by molar-refractivity contribution is -0.140. The van der Waals surface area contributed by atoms with E-state index in [0.717, 1.165) is 11.3 Å². The molecule has 2 aliphatic heterocycles. The molecule has 0 aliphatic carbocycles. The number of aliphatic hydroxyl groups excluding tert-OH is 1. The van der Waals surface area contributed by atoms with Gasteiger partial charge in [-0.3, -0.25) is 14.4 Å². The summed E-state index contributed by atoms with van der Waals surface area (Å²) in [5.41, 5.74) is 1.56. The van der Waals surface area contributed by atoms with Crippen molar-refractivity contribution in [1.29, 1.82) is 0 Å². The van der Waals surface area contributed by atoms with Crippen LogP contribution in [0.25, 0.3) is 0 Å². The minimum absolute atomic E-state index is 0.128. The molecule has 1 aromatic carbocycles. The van der Waals surface area contributed by atoms with Crippen LogP contribution in [0.2, 0.25) is 0 Å². The molecule has 3 heterocycles. The van der Waals surface area contributed by atoms with Crippen molar-refractivity contribution in [3.05, 3.63) is 70.1 Å². The van der Waals surface area contributed by atoms with Gasteiger partial charge < -0.3 is 19.9 Å². The molecule has 7 nitrogen and oxygen atoms in total. The summed E-state index contributed by atoms with van der Waals surface area (Å²) in [4.78, 5) is 39.3. The van der Waals surface area contributed by atoms with Crippen LogP contribution in [0.1, 0.15) is 24.2 Å². The molecule has 2 aromatic rings. The van der Waals surface area contributed by atoms with E-state index in [-0.39, 0.29) is 35.9 Å². The molecule has 0 spiro atoms. The predicted molar refractivity (Wildman–Crippen MR) is 102 cm³/mol. The number of likely N-dealkylation sites (tertiary alicyclic amines) is 1. The molecule has 2 aliphatic rings. The Labute approximate surface area is 162 Å². The smallest absolute Gasteiger partial charge is 0.250 e. The van der Waals surface area contributed by atoms with E-state index in [2.05, 4.69) is 5.32 Å². The molecule has 0 saturated carbocycles. The summed E-state index contributed by atoms with van der Waals surface area (Å²) in [5.74, 6) is -1.12. The molecule has 28 heavy (non-hydrogen) atoms. The van der Waals surface area contributed by atoms with Crippen LogP contribution < -0.4 is 10.9 Å². The van der Waals surface area contributed by atoms with Gasteiger partial charge in [-0.2, -0.15) is 0 Å². The van der Waals surface area contributed by atoms with Crippen LogP contribution in [0.15, 0.2) is 53.3 Å². The van der Waals surface area contributed by atoms with Crippen LogP contribution in [0.3, 0.4) is 0 Å². The van der Waals surface area contributed by atoms with Gasteiger partial charge >= 0.3 is 0 Å². The van der Waals surface area contributed by atoms with Gasteiger partial charge in [0, 0.05) is 50.2 Å². The Hall–Kier alpha value is -2.93. The first-order chi connectivity index (χ1) is 13.5. The molecular formula is C21H23N3O4. The standard InChI is InChI=1S/C21H23N3O4/c1-13(26)24-19-15(11-23-17(19)8-5-9-18(23)27)16(12-25)20(24)21(28)22-10-14-6-3-2-4-7-14/h2-9,15-16,19-20,25H,10-12H2,1H3,(H,22,28)/t15-,16-,19+,20-/m1/s1. The zero-order chi connectivity index (χ0) is 19.8. The predicted octanol–water partition coefficient (Wildman–Crippen LogP) is 0.675. The van der Waals surface area contributed by atoms with Crippen molar-refractivity contribution in [1.82, 2.24) is 14.8 Å². The van der Waals surface area contributed by atoms with Gasteiger partial charge in [0.2, 0.25) is 11.8 Å². The largest absolute Gasteiger partial charge is 0.396 e. The zero-order valence-corrected chi connectivity index (χ0v) is 15.6. The van der Waals surface area contributed by atoms with E-state index < -0.39 is 12.0 Å². The second-order valence-electron chi connectivity index (χ2n) is 7.43. The quantitative estimate of drug-likeness (QED) is 0.815. The molecule has 2 N–H and O–H groups in total. The average molecular weight is 381 g/mol. The highest BCUT2D eigenvalue weighted by Crippen LogP contribution is 2.48. The van der Waals surface area contributed by atoms with E-state index in [1.165, 1.54) is 13.0 Å². The highest BCUT2D eigenvalue weighted by atomic mass is 16.3. The maximum Gasteiger partial charge on any atom is 0.250 e. The maximum atomic E-state index is 13.0. The van der Waals surface area contributed by atoms with Gasteiger partial charge in [-0.25, -0.2) is 0 Å². The SMILES string of the molecule is CC(=O)N1[C@@H]2c3cccc(=O)n3C[C@@H]2[C@@H](CO)[C@@H]1C(=O)NCc1ccccc1. The fraction of sp³-hybridized carbons (Fsp3) is 0.381. The number of carbonyl (C=O) groups excluding carboxylic acids is 2. The third kappa shape index (κ3) is 2.92. The first-order valence-electron chi connectivity index (χ1n) is 9.44. The minimum atomic E-state index is -0.759. The first-order valence-corrected chi connectivity index (χ1v) is 9.44.